The molecule has 9 nitrogen and oxygen atoms in total. The second-order valence-corrected chi connectivity index (χ2v) is 22.8. The smallest absolute Gasteiger partial charge is 0.122 e. The average molecular weight is 1180 g/mol. The number of rotatable bonds is 8. The Hall–Kier alpha value is -1.97. The highest BCUT2D eigenvalue weighted by atomic mass is 16.6. The molecular formula is C74H159N5O4. The maximum atomic E-state index is 5.54. The molecular weight excluding hydrogens is 1020 g/mol. The number of hydrogen-bond acceptors (Lipinski definition) is 9. The Labute approximate surface area is 525 Å². The highest BCUT2D eigenvalue weighted by Crippen LogP contribution is 2.24. The first-order chi connectivity index (χ1) is 39.9. The lowest BCUT2D eigenvalue weighted by Gasteiger charge is -2.25. The monoisotopic (exact) mass is 1180 g/mol. The van der Waals surface area contributed by atoms with E-state index in [-0.39, 0.29) is 0 Å². The third kappa shape index (κ3) is 61.5. The zero-order valence-corrected chi connectivity index (χ0v) is 62.9. The van der Waals surface area contributed by atoms with E-state index in [1.807, 2.05) is 123 Å². The highest BCUT2D eigenvalue weighted by molar-refractivity contribution is 5.87. The van der Waals surface area contributed by atoms with Gasteiger partial charge >= 0.3 is 0 Å². The van der Waals surface area contributed by atoms with Gasteiger partial charge in [-0.1, -0.05) is 227 Å². The summed E-state index contributed by atoms with van der Waals surface area (Å²) in [5.41, 5.74) is 2.62. The molecule has 0 aromatic rings. The summed E-state index contributed by atoms with van der Waals surface area (Å²) in [6, 6.07) is 0.634. The fraction of sp³-hybridized carbons (Fsp3) is 0.932. The van der Waals surface area contributed by atoms with Gasteiger partial charge in [0.1, 0.15) is 6.61 Å². The molecule has 0 bridgehead atoms. The first-order valence-electron chi connectivity index (χ1n) is 35.9. The van der Waals surface area contributed by atoms with Gasteiger partial charge in [-0.05, 0) is 167 Å². The van der Waals surface area contributed by atoms with Crippen LogP contribution in [0.4, 0.5) is 0 Å². The van der Waals surface area contributed by atoms with Crippen molar-refractivity contribution < 1.29 is 19.0 Å². The zero-order chi connectivity index (χ0) is 66.0. The average Bonchev–Trinajstić information content (AvgIpc) is 4.41. The molecule has 8 rings (SSSR count). The van der Waals surface area contributed by atoms with Crippen molar-refractivity contribution in [1.82, 2.24) is 0 Å². The van der Waals surface area contributed by atoms with Crippen molar-refractivity contribution in [2.24, 2.45) is 96.1 Å². The van der Waals surface area contributed by atoms with Crippen LogP contribution in [0.1, 0.15) is 311 Å². The summed E-state index contributed by atoms with van der Waals surface area (Å²) in [5, 5.41) is 3.85. The molecule has 0 aliphatic carbocycles. The van der Waals surface area contributed by atoms with Crippen molar-refractivity contribution in [3.8, 4) is 0 Å². The summed E-state index contributed by atoms with van der Waals surface area (Å²) in [6.45, 7) is 76.7. The van der Waals surface area contributed by atoms with E-state index in [0.29, 0.717) is 29.9 Å². The lowest BCUT2D eigenvalue weighted by Crippen LogP contribution is -2.24. The van der Waals surface area contributed by atoms with Gasteiger partial charge in [0.25, 0.3) is 0 Å². The van der Waals surface area contributed by atoms with Crippen molar-refractivity contribution in [2.45, 2.75) is 324 Å². The van der Waals surface area contributed by atoms with Gasteiger partial charge in [-0.15, -0.1) is 0 Å². The van der Waals surface area contributed by atoms with Crippen LogP contribution in [-0.2, 0) is 19.0 Å². The molecule has 0 N–H and O–H groups in total. The van der Waals surface area contributed by atoms with E-state index in [2.05, 4.69) is 142 Å². The van der Waals surface area contributed by atoms with Crippen LogP contribution in [0.2, 0.25) is 0 Å². The topological polar surface area (TPSA) is 98.7 Å². The molecule has 3 saturated heterocycles. The van der Waals surface area contributed by atoms with Crippen LogP contribution in [0.25, 0.3) is 0 Å². The van der Waals surface area contributed by atoms with Crippen molar-refractivity contribution in [1.29, 1.82) is 0 Å². The number of oxime groups is 1. The standard InChI is InChI=1S/3C8H16O.4C7H13N.C6H11NO.8C2H6/c1-7(2)8-3-5-9-6-4-8;1-7(2)8-4-3-5-9-6-8;1-7(2)8-5-3-4-6-9-8;2*1-6(2)7-3-4-8-5-7;2*1-6(2)7-4-3-5-8-7;1-5(2)6-3-4-8-7-6;8*1-2/h3*7-8H,3-6H2,1-2H3;5-7H,3-4H2,1-2H3;4,6-7H,3,5H2,1-2H3;6H,3-5H2,1-2H3;5-7H,3-4H2,1-2H3;5H,3-4H2,1-2H3;8*1-2H3. The minimum Gasteiger partial charge on any atom is -0.395 e. The molecule has 83 heavy (non-hydrogen) atoms. The van der Waals surface area contributed by atoms with E-state index in [1.165, 1.54) is 94.9 Å². The normalized spacial score (nSPS) is 21.0. The van der Waals surface area contributed by atoms with Crippen LogP contribution in [-0.4, -0.2) is 101 Å². The van der Waals surface area contributed by atoms with Crippen molar-refractivity contribution in [3.63, 3.8) is 0 Å². The Kier molecular flexibility index (Phi) is 89.3. The molecule has 9 heteroatoms. The van der Waals surface area contributed by atoms with E-state index in [0.717, 1.165) is 119 Å². The molecule has 8 heterocycles. The number of hydrogen-bond donors (Lipinski definition) is 0. The molecule has 8 aliphatic heterocycles. The lowest BCUT2D eigenvalue weighted by atomic mass is 9.89. The summed E-state index contributed by atoms with van der Waals surface area (Å²) in [7, 11) is 0. The third-order valence-electron chi connectivity index (χ3n) is 14.4. The summed E-state index contributed by atoms with van der Waals surface area (Å²) in [5.74, 6) is 9.37. The molecule has 0 amide bonds. The van der Waals surface area contributed by atoms with Crippen molar-refractivity contribution >= 4 is 30.1 Å². The van der Waals surface area contributed by atoms with Crippen LogP contribution in [0.5, 0.6) is 0 Å². The third-order valence-corrected chi connectivity index (χ3v) is 14.4. The Balaban J connectivity index is -0.000000125. The number of ether oxygens (including phenoxy) is 3. The fourth-order valence-electron chi connectivity index (χ4n) is 8.74. The second-order valence-electron chi connectivity index (χ2n) is 22.8. The quantitative estimate of drug-likeness (QED) is 0.242. The predicted octanol–water partition coefficient (Wildman–Crippen LogP) is 23.2. The summed E-state index contributed by atoms with van der Waals surface area (Å²) < 4.78 is 16.1. The fourth-order valence-corrected chi connectivity index (χ4v) is 8.74. The molecule has 0 aromatic carbocycles. The first kappa shape index (κ1) is 97.3. The highest BCUT2D eigenvalue weighted by Gasteiger charge is 2.19. The van der Waals surface area contributed by atoms with Gasteiger partial charge in [0, 0.05) is 71.0 Å². The molecule has 5 unspecified atom stereocenters. The van der Waals surface area contributed by atoms with E-state index >= 15 is 0 Å². The van der Waals surface area contributed by atoms with Crippen LogP contribution >= 0.6 is 0 Å². The second kappa shape index (κ2) is 76.1. The van der Waals surface area contributed by atoms with Crippen LogP contribution in [0.15, 0.2) is 25.1 Å². The Morgan fingerprint density at radius 2 is 0.976 bits per heavy atom. The van der Waals surface area contributed by atoms with Crippen LogP contribution < -0.4 is 0 Å². The van der Waals surface area contributed by atoms with Crippen molar-refractivity contribution in [3.05, 3.63) is 0 Å². The van der Waals surface area contributed by atoms with Gasteiger partial charge in [0.2, 0.25) is 0 Å². The van der Waals surface area contributed by atoms with E-state index < -0.39 is 0 Å². The summed E-state index contributed by atoms with van der Waals surface area (Å²) >= 11 is 0. The summed E-state index contributed by atoms with van der Waals surface area (Å²) in [4.78, 5) is 21.8. The van der Waals surface area contributed by atoms with Gasteiger partial charge < -0.3 is 19.0 Å². The van der Waals surface area contributed by atoms with Gasteiger partial charge in [-0.2, -0.15) is 0 Å². The SMILES string of the molecule is CC.CC.CC.CC.CC.CC.CC.CC.CC(C)C1=NCCC1.CC(C)C1=NOCC1.CC(C)C1C=NCC1.CC(C)C1CC=NC1.CC(C)C1CCC=N1.CC(C)C1CCCCO1.CC(C)C1CCCOC1.CC(C)C1CCOCC1. The molecule has 5 atom stereocenters. The molecule has 0 radical (unpaired) electrons. The molecule has 8 aliphatic rings. The Bertz CT molecular complexity index is 1210. The predicted molar refractivity (Wildman–Crippen MR) is 384 cm³/mol. The Morgan fingerprint density at radius 1 is 0.422 bits per heavy atom. The molecule has 0 spiro atoms. The van der Waals surface area contributed by atoms with Crippen LogP contribution in [0.3, 0.4) is 0 Å². The van der Waals surface area contributed by atoms with E-state index in [9.17, 15) is 0 Å². The Morgan fingerprint density at radius 3 is 1.20 bits per heavy atom. The maximum absolute atomic E-state index is 5.54. The van der Waals surface area contributed by atoms with Gasteiger partial charge in [0.05, 0.1) is 17.9 Å². The number of aliphatic imine (C=N–C) groups is 4. The zero-order valence-electron chi connectivity index (χ0n) is 62.9. The largest absolute Gasteiger partial charge is 0.395 e. The van der Waals surface area contributed by atoms with Gasteiger partial charge in [-0.3, -0.25) is 20.0 Å². The molecule has 0 aromatic heterocycles. The molecule has 0 saturated carbocycles. The number of nitrogens with zero attached hydrogens (tertiary/aromatic N) is 5. The van der Waals surface area contributed by atoms with Gasteiger partial charge in [-0.25, -0.2) is 0 Å². The molecule has 3 fully saturated rings. The van der Waals surface area contributed by atoms with Gasteiger partial charge in [0.15, 0.2) is 0 Å². The summed E-state index contributed by atoms with van der Waals surface area (Å²) in [6.07, 6.45) is 24.4. The van der Waals surface area contributed by atoms with Crippen LogP contribution in [0, 0.1) is 71.0 Å². The van der Waals surface area contributed by atoms with E-state index in [1.54, 1.807) is 0 Å². The van der Waals surface area contributed by atoms with Crippen molar-refractivity contribution in [2.75, 3.05) is 59.3 Å². The van der Waals surface area contributed by atoms with E-state index in [4.69, 9.17) is 19.0 Å². The first-order valence-corrected chi connectivity index (χ1v) is 35.9. The lowest BCUT2D eigenvalue weighted by molar-refractivity contribution is -0.0115. The molecule has 504 valence electrons. The minimum atomic E-state index is 0.554. The minimum absolute atomic E-state index is 0.554. The maximum Gasteiger partial charge on any atom is 0.122 e.